The minimum atomic E-state index is 0.0654. The van der Waals surface area contributed by atoms with Crippen molar-refractivity contribution in [3.8, 4) is 0 Å². The predicted molar refractivity (Wildman–Crippen MR) is 80.7 cm³/mol. The highest BCUT2D eigenvalue weighted by atomic mass is 79.9. The van der Waals surface area contributed by atoms with Crippen molar-refractivity contribution in [1.29, 1.82) is 0 Å². The number of nitrogen functional groups attached to an aromatic ring is 1. The lowest BCUT2D eigenvalue weighted by atomic mass is 10.0. The van der Waals surface area contributed by atoms with Gasteiger partial charge in [0, 0.05) is 42.8 Å². The lowest BCUT2D eigenvalue weighted by Gasteiger charge is -2.32. The third kappa shape index (κ3) is 4.21. The number of hydrogen-bond donors (Lipinski definition) is 2. The van der Waals surface area contributed by atoms with Gasteiger partial charge in [-0.3, -0.25) is 9.69 Å². The number of nitrogens with one attached hydrogen (secondary N) is 1. The fourth-order valence-electron chi connectivity index (χ4n) is 2.47. The Balaban J connectivity index is 1.87. The van der Waals surface area contributed by atoms with Crippen molar-refractivity contribution in [3.63, 3.8) is 0 Å². The number of carbonyl (C=O) groups is 1. The Bertz CT molecular complexity index is 456. The second-order valence-electron chi connectivity index (χ2n) is 5.09. The van der Waals surface area contributed by atoms with Crippen molar-refractivity contribution in [1.82, 2.24) is 10.2 Å². The standard InChI is InChI=1S/C14H20BrN3O/c1-10(19)17-13-4-6-18(7-5-13)9-11-2-3-12(15)8-14(11)16/h2-3,8,13H,4-7,9,16H2,1H3,(H,17,19). The van der Waals surface area contributed by atoms with Gasteiger partial charge in [0.15, 0.2) is 0 Å². The molecule has 3 N–H and O–H groups in total. The maximum Gasteiger partial charge on any atom is 0.217 e. The molecule has 1 aliphatic rings. The van der Waals surface area contributed by atoms with E-state index in [-0.39, 0.29) is 5.91 Å². The highest BCUT2D eigenvalue weighted by molar-refractivity contribution is 9.10. The lowest BCUT2D eigenvalue weighted by Crippen LogP contribution is -2.43. The van der Waals surface area contributed by atoms with Gasteiger partial charge in [-0.1, -0.05) is 22.0 Å². The van der Waals surface area contributed by atoms with E-state index in [0.29, 0.717) is 6.04 Å². The molecule has 0 unspecified atom stereocenters. The molecule has 4 nitrogen and oxygen atoms in total. The summed E-state index contributed by atoms with van der Waals surface area (Å²) >= 11 is 3.42. The fraction of sp³-hybridized carbons (Fsp3) is 0.500. The van der Waals surface area contributed by atoms with E-state index in [0.717, 1.165) is 42.6 Å². The summed E-state index contributed by atoms with van der Waals surface area (Å²) in [4.78, 5) is 13.4. The third-order valence-electron chi connectivity index (χ3n) is 3.50. The summed E-state index contributed by atoms with van der Waals surface area (Å²) in [5.74, 6) is 0.0654. The molecule has 1 aromatic carbocycles. The summed E-state index contributed by atoms with van der Waals surface area (Å²) < 4.78 is 1.01. The molecule has 0 radical (unpaired) electrons. The normalized spacial score (nSPS) is 17.4. The van der Waals surface area contributed by atoms with E-state index in [2.05, 4.69) is 32.2 Å². The Morgan fingerprint density at radius 3 is 2.74 bits per heavy atom. The molecule has 2 rings (SSSR count). The van der Waals surface area contributed by atoms with Crippen molar-refractivity contribution < 1.29 is 4.79 Å². The van der Waals surface area contributed by atoms with Crippen LogP contribution in [0.1, 0.15) is 25.3 Å². The van der Waals surface area contributed by atoms with Crippen LogP contribution >= 0.6 is 15.9 Å². The van der Waals surface area contributed by atoms with Crippen LogP contribution in [0.2, 0.25) is 0 Å². The van der Waals surface area contributed by atoms with Crippen molar-refractivity contribution in [3.05, 3.63) is 28.2 Å². The first-order valence-corrected chi connectivity index (χ1v) is 7.37. The van der Waals surface area contributed by atoms with Crippen LogP contribution in [0.5, 0.6) is 0 Å². The van der Waals surface area contributed by atoms with Crippen molar-refractivity contribution in [2.24, 2.45) is 0 Å². The predicted octanol–water partition coefficient (Wildman–Crippen LogP) is 2.13. The fourth-order valence-corrected chi connectivity index (χ4v) is 2.85. The number of nitrogens with two attached hydrogens (primary N) is 1. The van der Waals surface area contributed by atoms with E-state index in [1.165, 1.54) is 5.56 Å². The second-order valence-corrected chi connectivity index (χ2v) is 6.01. The zero-order valence-corrected chi connectivity index (χ0v) is 12.7. The zero-order chi connectivity index (χ0) is 13.8. The Kier molecular flexibility index (Phi) is 4.82. The molecule has 1 amide bonds. The van der Waals surface area contributed by atoms with Gasteiger partial charge in [0.25, 0.3) is 0 Å². The molecule has 1 aliphatic heterocycles. The molecule has 0 atom stereocenters. The minimum Gasteiger partial charge on any atom is -0.398 e. The molecule has 5 heteroatoms. The maximum absolute atomic E-state index is 11.0. The summed E-state index contributed by atoms with van der Waals surface area (Å²) in [5.41, 5.74) is 8.02. The van der Waals surface area contributed by atoms with Gasteiger partial charge in [0.1, 0.15) is 0 Å². The molecule has 1 fully saturated rings. The minimum absolute atomic E-state index is 0.0654. The summed E-state index contributed by atoms with van der Waals surface area (Å²) in [6.07, 6.45) is 2.02. The Morgan fingerprint density at radius 1 is 1.47 bits per heavy atom. The lowest BCUT2D eigenvalue weighted by molar-refractivity contribution is -0.119. The van der Waals surface area contributed by atoms with E-state index < -0.39 is 0 Å². The van der Waals surface area contributed by atoms with Crippen LogP contribution < -0.4 is 11.1 Å². The number of halogens is 1. The van der Waals surface area contributed by atoms with Gasteiger partial charge in [-0.25, -0.2) is 0 Å². The number of anilines is 1. The smallest absolute Gasteiger partial charge is 0.217 e. The van der Waals surface area contributed by atoms with Gasteiger partial charge < -0.3 is 11.1 Å². The number of nitrogens with zero attached hydrogens (tertiary/aromatic N) is 1. The molecule has 104 valence electrons. The van der Waals surface area contributed by atoms with Crippen LogP contribution in [-0.4, -0.2) is 29.9 Å². The number of carbonyl (C=O) groups excluding carboxylic acids is 1. The largest absolute Gasteiger partial charge is 0.398 e. The van der Waals surface area contributed by atoms with Crippen LogP contribution in [0, 0.1) is 0 Å². The number of hydrogen-bond acceptors (Lipinski definition) is 3. The van der Waals surface area contributed by atoms with Gasteiger partial charge in [0.05, 0.1) is 0 Å². The first kappa shape index (κ1) is 14.3. The monoisotopic (exact) mass is 325 g/mol. The summed E-state index contributed by atoms with van der Waals surface area (Å²) in [7, 11) is 0. The van der Waals surface area contributed by atoms with Crippen molar-refractivity contribution in [2.45, 2.75) is 32.4 Å². The Labute approximate surface area is 122 Å². The maximum atomic E-state index is 11.0. The van der Waals surface area contributed by atoms with E-state index >= 15 is 0 Å². The molecular weight excluding hydrogens is 306 g/mol. The second kappa shape index (κ2) is 6.39. The van der Waals surface area contributed by atoms with Crippen LogP contribution in [-0.2, 0) is 11.3 Å². The molecule has 1 heterocycles. The molecule has 0 saturated carbocycles. The van der Waals surface area contributed by atoms with E-state index in [1.807, 2.05) is 12.1 Å². The molecule has 19 heavy (non-hydrogen) atoms. The van der Waals surface area contributed by atoms with E-state index in [9.17, 15) is 4.79 Å². The molecule has 1 saturated heterocycles. The SMILES string of the molecule is CC(=O)NC1CCN(Cc2ccc(Br)cc2N)CC1. The van der Waals surface area contributed by atoms with Crippen molar-refractivity contribution in [2.75, 3.05) is 18.8 Å². The van der Waals surface area contributed by atoms with Gasteiger partial charge in [-0.05, 0) is 30.5 Å². The van der Waals surface area contributed by atoms with Crippen LogP contribution in [0.15, 0.2) is 22.7 Å². The van der Waals surface area contributed by atoms with Crippen LogP contribution in [0.25, 0.3) is 0 Å². The van der Waals surface area contributed by atoms with E-state index in [1.54, 1.807) is 6.92 Å². The number of amides is 1. The molecule has 0 spiro atoms. The molecule has 0 bridgehead atoms. The van der Waals surface area contributed by atoms with Crippen LogP contribution in [0.4, 0.5) is 5.69 Å². The highest BCUT2D eigenvalue weighted by Crippen LogP contribution is 2.21. The molecule has 0 aliphatic carbocycles. The van der Waals surface area contributed by atoms with Gasteiger partial charge >= 0.3 is 0 Å². The first-order chi connectivity index (χ1) is 9.04. The number of likely N-dealkylation sites (tertiary alicyclic amines) is 1. The third-order valence-corrected chi connectivity index (χ3v) is 3.99. The van der Waals surface area contributed by atoms with E-state index in [4.69, 9.17) is 5.73 Å². The molecule has 1 aromatic rings. The molecule has 0 aromatic heterocycles. The first-order valence-electron chi connectivity index (χ1n) is 6.58. The van der Waals surface area contributed by atoms with Crippen LogP contribution in [0.3, 0.4) is 0 Å². The van der Waals surface area contributed by atoms with Gasteiger partial charge in [-0.15, -0.1) is 0 Å². The number of piperidine rings is 1. The summed E-state index contributed by atoms with van der Waals surface area (Å²) in [6.45, 7) is 4.46. The van der Waals surface area contributed by atoms with Crippen molar-refractivity contribution >= 4 is 27.5 Å². The molecular formula is C14H20BrN3O. The Hall–Kier alpha value is -1.07. The number of benzene rings is 1. The summed E-state index contributed by atoms with van der Waals surface area (Å²) in [6, 6.07) is 6.37. The topological polar surface area (TPSA) is 58.4 Å². The average Bonchev–Trinajstić information content (AvgIpc) is 2.34. The average molecular weight is 326 g/mol. The quantitative estimate of drug-likeness (QED) is 0.837. The summed E-state index contributed by atoms with van der Waals surface area (Å²) in [5, 5.41) is 2.99. The van der Waals surface area contributed by atoms with Gasteiger partial charge in [0.2, 0.25) is 5.91 Å². The Morgan fingerprint density at radius 2 is 2.16 bits per heavy atom. The number of rotatable bonds is 3. The highest BCUT2D eigenvalue weighted by Gasteiger charge is 2.20. The van der Waals surface area contributed by atoms with Gasteiger partial charge in [-0.2, -0.15) is 0 Å². The zero-order valence-electron chi connectivity index (χ0n) is 11.2.